The summed E-state index contributed by atoms with van der Waals surface area (Å²) in [6.45, 7) is 9.75. The molecule has 14 heavy (non-hydrogen) atoms. The standard InChI is InChI=1S/C8H16F3N.C2H6/c1-4-12(5-7(2)3)6-8(9,10)11;1-2/h7H,4-6H2,1-3H3;1-2H3. The first-order chi connectivity index (χ1) is 6.35. The minimum absolute atomic E-state index is 0.285. The zero-order valence-electron chi connectivity index (χ0n) is 9.78. The van der Waals surface area contributed by atoms with E-state index in [1.165, 1.54) is 4.90 Å². The highest BCUT2D eigenvalue weighted by Crippen LogP contribution is 2.16. The molecule has 0 aromatic heterocycles. The van der Waals surface area contributed by atoms with Gasteiger partial charge in [-0.25, -0.2) is 0 Å². The molecule has 0 aliphatic rings. The van der Waals surface area contributed by atoms with Crippen molar-refractivity contribution in [3.05, 3.63) is 0 Å². The summed E-state index contributed by atoms with van der Waals surface area (Å²) >= 11 is 0. The summed E-state index contributed by atoms with van der Waals surface area (Å²) in [7, 11) is 0. The fourth-order valence-corrected chi connectivity index (χ4v) is 1.08. The van der Waals surface area contributed by atoms with Crippen molar-refractivity contribution in [2.45, 2.75) is 40.8 Å². The molecule has 0 bridgehead atoms. The highest BCUT2D eigenvalue weighted by molar-refractivity contribution is 4.62. The van der Waals surface area contributed by atoms with E-state index in [1.54, 1.807) is 6.92 Å². The quantitative estimate of drug-likeness (QED) is 0.690. The van der Waals surface area contributed by atoms with E-state index in [-0.39, 0.29) is 5.92 Å². The van der Waals surface area contributed by atoms with E-state index in [4.69, 9.17) is 0 Å². The summed E-state index contributed by atoms with van der Waals surface area (Å²) in [6, 6.07) is 0. The summed E-state index contributed by atoms with van der Waals surface area (Å²) in [6.07, 6.45) is -4.06. The molecule has 1 nitrogen and oxygen atoms in total. The minimum atomic E-state index is -4.06. The van der Waals surface area contributed by atoms with Gasteiger partial charge in [0.15, 0.2) is 0 Å². The Kier molecular flexibility index (Phi) is 9.36. The molecule has 4 heteroatoms. The molecule has 0 aliphatic carbocycles. The Hall–Kier alpha value is -0.250. The van der Waals surface area contributed by atoms with Gasteiger partial charge in [-0.15, -0.1) is 0 Å². The van der Waals surface area contributed by atoms with Crippen LogP contribution in [0.4, 0.5) is 13.2 Å². The van der Waals surface area contributed by atoms with Crippen LogP contribution in [0.5, 0.6) is 0 Å². The van der Waals surface area contributed by atoms with Gasteiger partial charge >= 0.3 is 6.18 Å². The Morgan fingerprint density at radius 2 is 1.57 bits per heavy atom. The highest BCUT2D eigenvalue weighted by Gasteiger charge is 2.29. The SMILES string of the molecule is CC.CCN(CC(C)C)CC(F)(F)F. The van der Waals surface area contributed by atoms with Crippen LogP contribution in [0.25, 0.3) is 0 Å². The van der Waals surface area contributed by atoms with Gasteiger partial charge in [0.1, 0.15) is 0 Å². The van der Waals surface area contributed by atoms with Crippen molar-refractivity contribution in [1.29, 1.82) is 0 Å². The summed E-state index contributed by atoms with van der Waals surface area (Å²) in [5.41, 5.74) is 0. The lowest BCUT2D eigenvalue weighted by Gasteiger charge is -2.23. The van der Waals surface area contributed by atoms with Crippen molar-refractivity contribution >= 4 is 0 Å². The van der Waals surface area contributed by atoms with Gasteiger partial charge in [-0.1, -0.05) is 34.6 Å². The van der Waals surface area contributed by atoms with Crippen LogP contribution < -0.4 is 0 Å². The molecule has 0 rings (SSSR count). The second-order valence-electron chi connectivity index (χ2n) is 3.34. The van der Waals surface area contributed by atoms with Gasteiger partial charge in [-0.2, -0.15) is 13.2 Å². The van der Waals surface area contributed by atoms with E-state index >= 15 is 0 Å². The Morgan fingerprint density at radius 3 is 1.79 bits per heavy atom. The zero-order chi connectivity index (χ0) is 11.8. The van der Waals surface area contributed by atoms with E-state index in [2.05, 4.69) is 0 Å². The molecule has 0 N–H and O–H groups in total. The van der Waals surface area contributed by atoms with E-state index in [0.717, 1.165) is 0 Å². The van der Waals surface area contributed by atoms with E-state index < -0.39 is 12.7 Å². The van der Waals surface area contributed by atoms with Crippen LogP contribution in [0, 0.1) is 5.92 Å². The Bertz CT molecular complexity index is 121. The molecular weight excluding hydrogens is 191 g/mol. The minimum Gasteiger partial charge on any atom is -0.295 e. The van der Waals surface area contributed by atoms with Crippen LogP contribution in [0.1, 0.15) is 34.6 Å². The van der Waals surface area contributed by atoms with Crippen LogP contribution in [-0.4, -0.2) is 30.7 Å². The molecule has 0 aromatic rings. The fraction of sp³-hybridized carbons (Fsp3) is 1.00. The summed E-state index contributed by atoms with van der Waals surface area (Å²) in [5.74, 6) is 0.285. The normalized spacial score (nSPS) is 11.6. The maximum absolute atomic E-state index is 11.9. The summed E-state index contributed by atoms with van der Waals surface area (Å²) < 4.78 is 35.7. The number of nitrogens with zero attached hydrogens (tertiary/aromatic N) is 1. The van der Waals surface area contributed by atoms with Gasteiger partial charge in [0.2, 0.25) is 0 Å². The molecule has 88 valence electrons. The second kappa shape index (κ2) is 8.09. The molecule has 0 saturated carbocycles. The lowest BCUT2D eigenvalue weighted by Crippen LogP contribution is -2.36. The second-order valence-corrected chi connectivity index (χ2v) is 3.34. The molecule has 0 aliphatic heterocycles. The third-order valence-electron chi connectivity index (χ3n) is 1.47. The molecule has 0 fully saturated rings. The Labute approximate surface area is 85.3 Å². The topological polar surface area (TPSA) is 3.24 Å². The average molecular weight is 213 g/mol. The predicted molar refractivity (Wildman–Crippen MR) is 54.4 cm³/mol. The molecule has 0 spiro atoms. The smallest absolute Gasteiger partial charge is 0.295 e. The van der Waals surface area contributed by atoms with Gasteiger partial charge in [0.05, 0.1) is 6.54 Å². The van der Waals surface area contributed by atoms with Crippen LogP contribution in [-0.2, 0) is 0 Å². The van der Waals surface area contributed by atoms with Crippen LogP contribution >= 0.6 is 0 Å². The van der Waals surface area contributed by atoms with Crippen LogP contribution in [0.2, 0.25) is 0 Å². The van der Waals surface area contributed by atoms with Crippen molar-refractivity contribution in [1.82, 2.24) is 4.90 Å². The number of alkyl halides is 3. The predicted octanol–water partition coefficient (Wildman–Crippen LogP) is 3.55. The average Bonchev–Trinajstić information content (AvgIpc) is 2.03. The maximum atomic E-state index is 11.9. The number of hydrogen-bond donors (Lipinski definition) is 0. The number of rotatable bonds is 4. The molecule has 0 amide bonds. The summed E-state index contributed by atoms with van der Waals surface area (Å²) in [4.78, 5) is 1.41. The van der Waals surface area contributed by atoms with E-state index in [1.807, 2.05) is 27.7 Å². The van der Waals surface area contributed by atoms with Gasteiger partial charge in [0.25, 0.3) is 0 Å². The summed E-state index contributed by atoms with van der Waals surface area (Å²) in [5, 5.41) is 0. The fourth-order valence-electron chi connectivity index (χ4n) is 1.08. The van der Waals surface area contributed by atoms with E-state index in [9.17, 15) is 13.2 Å². The first kappa shape index (κ1) is 16.2. The maximum Gasteiger partial charge on any atom is 0.401 e. The molecule has 0 heterocycles. The van der Waals surface area contributed by atoms with Crippen LogP contribution in [0.3, 0.4) is 0 Å². The third kappa shape index (κ3) is 11.8. The van der Waals surface area contributed by atoms with E-state index in [0.29, 0.717) is 13.1 Å². The third-order valence-corrected chi connectivity index (χ3v) is 1.47. The number of halogens is 3. The highest BCUT2D eigenvalue weighted by atomic mass is 19.4. The lowest BCUT2D eigenvalue weighted by atomic mass is 10.2. The first-order valence-corrected chi connectivity index (χ1v) is 5.14. The van der Waals surface area contributed by atoms with Gasteiger partial charge in [0, 0.05) is 6.54 Å². The number of hydrogen-bond acceptors (Lipinski definition) is 1. The molecule has 0 atom stereocenters. The molecular formula is C10H22F3N. The zero-order valence-corrected chi connectivity index (χ0v) is 9.78. The van der Waals surface area contributed by atoms with Crippen molar-refractivity contribution in [3.63, 3.8) is 0 Å². The van der Waals surface area contributed by atoms with Gasteiger partial charge in [-0.05, 0) is 12.5 Å². The molecule has 0 aromatic carbocycles. The van der Waals surface area contributed by atoms with Crippen molar-refractivity contribution in [2.24, 2.45) is 5.92 Å². The monoisotopic (exact) mass is 213 g/mol. The van der Waals surface area contributed by atoms with Crippen molar-refractivity contribution in [3.8, 4) is 0 Å². The first-order valence-electron chi connectivity index (χ1n) is 5.14. The Balaban J connectivity index is 0. The lowest BCUT2D eigenvalue weighted by molar-refractivity contribution is -0.146. The van der Waals surface area contributed by atoms with Crippen molar-refractivity contribution < 1.29 is 13.2 Å². The van der Waals surface area contributed by atoms with Gasteiger partial charge < -0.3 is 0 Å². The molecule has 0 saturated heterocycles. The van der Waals surface area contributed by atoms with Crippen LogP contribution in [0.15, 0.2) is 0 Å². The molecule has 0 radical (unpaired) electrons. The molecule has 0 unspecified atom stereocenters. The van der Waals surface area contributed by atoms with Crippen molar-refractivity contribution in [2.75, 3.05) is 19.6 Å². The van der Waals surface area contributed by atoms with Gasteiger partial charge in [-0.3, -0.25) is 4.90 Å². The Morgan fingerprint density at radius 1 is 1.14 bits per heavy atom. The largest absolute Gasteiger partial charge is 0.401 e.